The number of hydrogen-bond acceptors (Lipinski definition) is 4. The third kappa shape index (κ3) is 3.53. The predicted octanol–water partition coefficient (Wildman–Crippen LogP) is 1.43. The molecule has 1 aromatic rings. The van der Waals surface area contributed by atoms with Crippen molar-refractivity contribution in [1.29, 1.82) is 0 Å². The van der Waals surface area contributed by atoms with Crippen molar-refractivity contribution >= 4 is 12.0 Å². The fraction of sp³-hybridized carbons (Fsp3) is 0.786. The van der Waals surface area contributed by atoms with Crippen LogP contribution in [0.25, 0.3) is 0 Å². The summed E-state index contributed by atoms with van der Waals surface area (Å²) in [4.78, 5) is 16.2. The van der Waals surface area contributed by atoms with Crippen LogP contribution >= 0.6 is 0 Å². The van der Waals surface area contributed by atoms with Crippen molar-refractivity contribution in [2.24, 2.45) is 0 Å². The normalized spacial score (nSPS) is 20.6. The molecule has 7 nitrogen and oxygen atoms in total. The molecule has 0 radical (unpaired) electrons. The molecule has 1 saturated carbocycles. The molecule has 1 aliphatic heterocycles. The molecule has 0 aromatic carbocycles. The van der Waals surface area contributed by atoms with E-state index in [-0.39, 0.29) is 12.6 Å². The number of fused-ring (bicyclic) bond motifs is 1. The molecule has 2 heterocycles. The van der Waals surface area contributed by atoms with Gasteiger partial charge in [0, 0.05) is 19.5 Å². The number of urea groups is 1. The summed E-state index contributed by atoms with van der Waals surface area (Å²) >= 11 is 0. The summed E-state index contributed by atoms with van der Waals surface area (Å²) < 4.78 is 1.85. The van der Waals surface area contributed by atoms with E-state index in [2.05, 4.69) is 20.7 Å². The van der Waals surface area contributed by atoms with Gasteiger partial charge in [0.15, 0.2) is 0 Å². The second kappa shape index (κ2) is 6.01. The highest BCUT2D eigenvalue weighted by Gasteiger charge is 2.29. The van der Waals surface area contributed by atoms with Crippen molar-refractivity contribution in [3.05, 3.63) is 5.82 Å². The minimum Gasteiger partial charge on any atom is -0.388 e. The largest absolute Gasteiger partial charge is 0.388 e. The Bertz CT molecular complexity index is 484. The fourth-order valence-corrected chi connectivity index (χ4v) is 3.11. The maximum Gasteiger partial charge on any atom is 0.321 e. The Balaban J connectivity index is 1.50. The molecule has 21 heavy (non-hydrogen) atoms. The molecule has 1 aliphatic carbocycles. The quantitative estimate of drug-likeness (QED) is 0.786. The summed E-state index contributed by atoms with van der Waals surface area (Å²) in [6, 6.07) is -0.350. The first-order valence-corrected chi connectivity index (χ1v) is 7.86. The van der Waals surface area contributed by atoms with Crippen LogP contribution in [0.5, 0.6) is 0 Å². The van der Waals surface area contributed by atoms with E-state index < -0.39 is 5.60 Å². The Labute approximate surface area is 124 Å². The number of nitrogens with one attached hydrogen (secondary N) is 2. The lowest BCUT2D eigenvalue weighted by molar-refractivity contribution is 0.00754. The molecule has 0 bridgehead atoms. The maximum atomic E-state index is 11.9. The number of nitrogens with zero attached hydrogens (tertiary/aromatic N) is 3. The molecule has 7 heteroatoms. The van der Waals surface area contributed by atoms with Crippen LogP contribution < -0.4 is 10.6 Å². The van der Waals surface area contributed by atoms with E-state index in [1.165, 1.54) is 6.42 Å². The molecule has 2 aliphatic rings. The van der Waals surface area contributed by atoms with E-state index in [1.807, 2.05) is 4.68 Å². The van der Waals surface area contributed by atoms with Gasteiger partial charge in [-0.15, -0.1) is 5.10 Å². The van der Waals surface area contributed by atoms with E-state index in [0.717, 1.165) is 57.3 Å². The van der Waals surface area contributed by atoms with Crippen molar-refractivity contribution in [2.75, 3.05) is 11.9 Å². The Hall–Kier alpha value is -1.63. The third-order valence-electron chi connectivity index (χ3n) is 4.36. The number of amides is 2. The minimum absolute atomic E-state index is 0.284. The molecule has 1 fully saturated rings. The molecule has 1 aromatic heterocycles. The zero-order valence-electron chi connectivity index (χ0n) is 12.3. The van der Waals surface area contributed by atoms with Crippen LogP contribution in [0.15, 0.2) is 0 Å². The van der Waals surface area contributed by atoms with E-state index in [1.54, 1.807) is 0 Å². The van der Waals surface area contributed by atoms with Crippen LogP contribution in [0.4, 0.5) is 10.7 Å². The summed E-state index contributed by atoms with van der Waals surface area (Å²) in [7, 11) is 0. The van der Waals surface area contributed by atoms with E-state index in [0.29, 0.717) is 5.95 Å². The van der Waals surface area contributed by atoms with Gasteiger partial charge in [0.2, 0.25) is 5.95 Å². The van der Waals surface area contributed by atoms with Crippen molar-refractivity contribution in [2.45, 2.75) is 63.5 Å². The topological polar surface area (TPSA) is 92.1 Å². The first kappa shape index (κ1) is 14.3. The first-order valence-electron chi connectivity index (χ1n) is 7.86. The Morgan fingerprint density at radius 3 is 2.81 bits per heavy atom. The van der Waals surface area contributed by atoms with Gasteiger partial charge in [0.25, 0.3) is 0 Å². The second-order valence-electron chi connectivity index (χ2n) is 6.12. The molecule has 0 spiro atoms. The fourth-order valence-electron chi connectivity index (χ4n) is 3.11. The highest BCUT2D eigenvalue weighted by Crippen LogP contribution is 2.27. The van der Waals surface area contributed by atoms with Crippen molar-refractivity contribution in [3.63, 3.8) is 0 Å². The van der Waals surface area contributed by atoms with Gasteiger partial charge in [-0.3, -0.25) is 5.32 Å². The summed E-state index contributed by atoms with van der Waals surface area (Å²) in [5.41, 5.74) is -0.754. The highest BCUT2D eigenvalue weighted by atomic mass is 16.3. The summed E-state index contributed by atoms with van der Waals surface area (Å²) in [5, 5.41) is 20.0. The third-order valence-corrected chi connectivity index (χ3v) is 4.36. The van der Waals surface area contributed by atoms with Gasteiger partial charge in [-0.1, -0.05) is 19.3 Å². The predicted molar refractivity (Wildman–Crippen MR) is 78.0 cm³/mol. The molecule has 3 rings (SSSR count). The lowest BCUT2D eigenvalue weighted by Gasteiger charge is -2.31. The number of aliphatic hydroxyl groups is 1. The SMILES string of the molecule is O=C(NCC1(O)CCCCC1)Nc1nc2n(n1)CCCC2. The van der Waals surface area contributed by atoms with Crippen molar-refractivity contribution < 1.29 is 9.90 Å². The number of aromatic nitrogens is 3. The van der Waals surface area contributed by atoms with Gasteiger partial charge in [0.1, 0.15) is 5.82 Å². The molecule has 0 atom stereocenters. The number of aryl methyl sites for hydroxylation is 2. The number of hydrogen-bond donors (Lipinski definition) is 3. The minimum atomic E-state index is -0.754. The molecular weight excluding hydrogens is 270 g/mol. The van der Waals surface area contributed by atoms with Crippen molar-refractivity contribution in [1.82, 2.24) is 20.1 Å². The van der Waals surface area contributed by atoms with Gasteiger partial charge >= 0.3 is 6.03 Å². The molecule has 3 N–H and O–H groups in total. The lowest BCUT2D eigenvalue weighted by Crippen LogP contribution is -2.45. The van der Waals surface area contributed by atoms with Crippen LogP contribution in [0, 0.1) is 0 Å². The smallest absolute Gasteiger partial charge is 0.321 e. The van der Waals surface area contributed by atoms with Gasteiger partial charge in [0.05, 0.1) is 5.60 Å². The molecule has 116 valence electrons. The highest BCUT2D eigenvalue weighted by molar-refractivity contribution is 5.87. The monoisotopic (exact) mass is 293 g/mol. The van der Waals surface area contributed by atoms with E-state index in [9.17, 15) is 9.90 Å². The zero-order chi connectivity index (χ0) is 14.7. The van der Waals surface area contributed by atoms with E-state index >= 15 is 0 Å². The zero-order valence-corrected chi connectivity index (χ0v) is 12.3. The van der Waals surface area contributed by atoms with Crippen LogP contribution in [-0.4, -0.2) is 38.0 Å². The van der Waals surface area contributed by atoms with Crippen LogP contribution in [0.2, 0.25) is 0 Å². The van der Waals surface area contributed by atoms with Gasteiger partial charge in [-0.2, -0.15) is 4.98 Å². The average molecular weight is 293 g/mol. The Morgan fingerprint density at radius 2 is 2.05 bits per heavy atom. The Morgan fingerprint density at radius 1 is 1.24 bits per heavy atom. The average Bonchev–Trinajstić information content (AvgIpc) is 2.88. The number of anilines is 1. The summed E-state index contributed by atoms with van der Waals surface area (Å²) in [6.07, 6.45) is 7.86. The first-order chi connectivity index (χ1) is 10.1. The van der Waals surface area contributed by atoms with E-state index in [4.69, 9.17) is 0 Å². The van der Waals surface area contributed by atoms with Gasteiger partial charge in [-0.05, 0) is 25.7 Å². The Kier molecular flexibility index (Phi) is 4.10. The summed E-state index contributed by atoms with van der Waals surface area (Å²) in [5.74, 6) is 1.28. The van der Waals surface area contributed by atoms with Crippen LogP contribution in [-0.2, 0) is 13.0 Å². The molecule has 0 unspecified atom stereocenters. The number of carbonyl (C=O) groups excluding carboxylic acids is 1. The second-order valence-corrected chi connectivity index (χ2v) is 6.12. The van der Waals surface area contributed by atoms with Crippen LogP contribution in [0.3, 0.4) is 0 Å². The van der Waals surface area contributed by atoms with Gasteiger partial charge < -0.3 is 10.4 Å². The number of carbonyl (C=O) groups is 1. The molecule has 0 saturated heterocycles. The van der Waals surface area contributed by atoms with Crippen LogP contribution in [0.1, 0.15) is 50.8 Å². The molecular formula is C14H23N5O2. The van der Waals surface area contributed by atoms with Gasteiger partial charge in [-0.25, -0.2) is 9.48 Å². The standard InChI is InChI=1S/C14H23N5O2/c20-13(15-10-14(21)7-3-1-4-8-14)17-12-16-11-6-2-5-9-19(11)18-12/h21H,1-10H2,(H2,15,17,18,20). The van der Waals surface area contributed by atoms with Crippen molar-refractivity contribution in [3.8, 4) is 0 Å². The number of rotatable bonds is 3. The maximum absolute atomic E-state index is 11.9. The molecule has 2 amide bonds. The lowest BCUT2D eigenvalue weighted by atomic mass is 9.85. The summed E-state index contributed by atoms with van der Waals surface area (Å²) in [6.45, 7) is 1.15.